The second-order valence-corrected chi connectivity index (χ2v) is 9.29. The Morgan fingerprint density at radius 2 is 1.34 bits per heavy atom. The highest BCUT2D eigenvalue weighted by Crippen LogP contribution is 2.22. The van der Waals surface area contributed by atoms with Gasteiger partial charge in [-0.05, 0) is 64.1 Å². The van der Waals surface area contributed by atoms with Gasteiger partial charge in [0, 0.05) is 6.42 Å². The zero-order chi connectivity index (χ0) is 21.0. The van der Waals surface area contributed by atoms with Crippen LogP contribution in [-0.4, -0.2) is 37.1 Å². The lowest BCUT2D eigenvalue weighted by Crippen LogP contribution is -2.20. The second kappa shape index (κ2) is 19.4. The van der Waals surface area contributed by atoms with Crippen LogP contribution in [0.15, 0.2) is 0 Å². The number of hydrogen-bond acceptors (Lipinski definition) is 3. The molecule has 3 heteroatoms. The summed E-state index contributed by atoms with van der Waals surface area (Å²) in [5, 5.41) is 0. The van der Waals surface area contributed by atoms with Crippen molar-refractivity contribution in [3.8, 4) is 0 Å². The van der Waals surface area contributed by atoms with Crippen molar-refractivity contribution in [3.63, 3.8) is 0 Å². The average molecular weight is 410 g/mol. The van der Waals surface area contributed by atoms with E-state index in [9.17, 15) is 4.79 Å². The van der Waals surface area contributed by atoms with Gasteiger partial charge >= 0.3 is 5.97 Å². The van der Waals surface area contributed by atoms with Crippen LogP contribution in [-0.2, 0) is 9.53 Å². The lowest BCUT2D eigenvalue weighted by atomic mass is 9.91. The predicted molar refractivity (Wildman–Crippen MR) is 125 cm³/mol. The molecule has 0 aromatic heterocycles. The third-order valence-corrected chi connectivity index (χ3v) is 6.51. The number of hydrogen-bond donors (Lipinski definition) is 0. The Hall–Kier alpha value is -0.570. The number of carbonyl (C=O) groups excluding carboxylic acids is 1. The highest BCUT2D eigenvalue weighted by Gasteiger charge is 2.11. The SMILES string of the molecule is CCCCCC(CCCCC)CCCOC(=O)CCCCCCCN1CCCC1. The lowest BCUT2D eigenvalue weighted by Gasteiger charge is -2.16. The fraction of sp³-hybridized carbons (Fsp3) is 0.962. The van der Waals surface area contributed by atoms with Gasteiger partial charge in [-0.2, -0.15) is 0 Å². The first-order valence-corrected chi connectivity index (χ1v) is 13.1. The first kappa shape index (κ1) is 26.5. The van der Waals surface area contributed by atoms with Crippen LogP contribution >= 0.6 is 0 Å². The van der Waals surface area contributed by atoms with E-state index in [0.717, 1.165) is 18.8 Å². The van der Waals surface area contributed by atoms with Gasteiger partial charge in [0.2, 0.25) is 0 Å². The molecule has 0 radical (unpaired) electrons. The molecule has 1 heterocycles. The summed E-state index contributed by atoms with van der Waals surface area (Å²) in [6, 6.07) is 0. The summed E-state index contributed by atoms with van der Waals surface area (Å²) in [4.78, 5) is 14.5. The molecule has 1 fully saturated rings. The third kappa shape index (κ3) is 15.9. The number of esters is 1. The van der Waals surface area contributed by atoms with Crippen molar-refractivity contribution >= 4 is 5.97 Å². The van der Waals surface area contributed by atoms with E-state index in [2.05, 4.69) is 18.7 Å². The fourth-order valence-corrected chi connectivity index (χ4v) is 4.57. The second-order valence-electron chi connectivity index (χ2n) is 9.29. The predicted octanol–water partition coefficient (Wildman–Crippen LogP) is 7.52. The third-order valence-electron chi connectivity index (χ3n) is 6.51. The van der Waals surface area contributed by atoms with Crippen LogP contribution in [0, 0.1) is 5.92 Å². The Morgan fingerprint density at radius 3 is 2.00 bits per heavy atom. The molecule has 0 aliphatic carbocycles. The Bertz CT molecular complexity index is 356. The maximum Gasteiger partial charge on any atom is 0.305 e. The van der Waals surface area contributed by atoms with Crippen molar-refractivity contribution in [2.45, 2.75) is 129 Å². The molecule has 0 saturated carbocycles. The molecule has 0 amide bonds. The average Bonchev–Trinajstić information content (AvgIpc) is 3.24. The summed E-state index contributed by atoms with van der Waals surface area (Å²) in [6.45, 7) is 9.08. The summed E-state index contributed by atoms with van der Waals surface area (Å²) in [7, 11) is 0. The number of carbonyl (C=O) groups is 1. The van der Waals surface area contributed by atoms with Gasteiger partial charge in [-0.3, -0.25) is 4.79 Å². The number of unbranched alkanes of at least 4 members (excludes halogenated alkanes) is 8. The van der Waals surface area contributed by atoms with Crippen LogP contribution in [0.1, 0.15) is 129 Å². The van der Waals surface area contributed by atoms with Crippen molar-refractivity contribution in [3.05, 3.63) is 0 Å². The maximum atomic E-state index is 11.9. The molecule has 29 heavy (non-hydrogen) atoms. The number of likely N-dealkylation sites (tertiary alicyclic amines) is 1. The molecule has 0 atom stereocenters. The van der Waals surface area contributed by atoms with Crippen LogP contribution < -0.4 is 0 Å². The summed E-state index contributed by atoms with van der Waals surface area (Å²) in [5.74, 6) is 0.864. The molecule has 0 unspecified atom stereocenters. The van der Waals surface area contributed by atoms with Crippen molar-refractivity contribution in [1.29, 1.82) is 0 Å². The minimum Gasteiger partial charge on any atom is -0.466 e. The molecule has 1 rings (SSSR count). The number of nitrogens with zero attached hydrogens (tertiary/aromatic N) is 1. The van der Waals surface area contributed by atoms with Gasteiger partial charge in [0.25, 0.3) is 0 Å². The van der Waals surface area contributed by atoms with E-state index in [1.54, 1.807) is 0 Å². The molecule has 172 valence electrons. The van der Waals surface area contributed by atoms with Crippen LogP contribution in [0.2, 0.25) is 0 Å². The van der Waals surface area contributed by atoms with Crippen molar-refractivity contribution < 1.29 is 9.53 Å². The van der Waals surface area contributed by atoms with E-state index in [1.807, 2.05) is 0 Å². The topological polar surface area (TPSA) is 29.5 Å². The smallest absolute Gasteiger partial charge is 0.305 e. The highest BCUT2D eigenvalue weighted by atomic mass is 16.5. The molecule has 1 saturated heterocycles. The zero-order valence-corrected chi connectivity index (χ0v) is 19.9. The molecular weight excluding hydrogens is 358 g/mol. The van der Waals surface area contributed by atoms with E-state index in [4.69, 9.17) is 4.74 Å². The first-order valence-electron chi connectivity index (χ1n) is 13.1. The maximum absolute atomic E-state index is 11.9. The summed E-state index contributed by atoms with van der Waals surface area (Å²) in [6.07, 6.45) is 22.5. The summed E-state index contributed by atoms with van der Waals surface area (Å²) < 4.78 is 5.49. The summed E-state index contributed by atoms with van der Waals surface area (Å²) >= 11 is 0. The lowest BCUT2D eigenvalue weighted by molar-refractivity contribution is -0.144. The minimum atomic E-state index is 0.0237. The van der Waals surface area contributed by atoms with E-state index in [-0.39, 0.29) is 5.97 Å². The molecule has 3 nitrogen and oxygen atoms in total. The van der Waals surface area contributed by atoms with Gasteiger partial charge in [-0.25, -0.2) is 0 Å². The van der Waals surface area contributed by atoms with E-state index in [0.29, 0.717) is 13.0 Å². The summed E-state index contributed by atoms with van der Waals surface area (Å²) in [5.41, 5.74) is 0. The Kier molecular flexibility index (Phi) is 17.7. The normalized spacial score (nSPS) is 14.7. The number of rotatable bonds is 20. The van der Waals surface area contributed by atoms with Crippen LogP contribution in [0.3, 0.4) is 0 Å². The molecule has 0 spiro atoms. The standard InChI is InChI=1S/C26H51NO2/c1-3-5-10-17-25(18-11-6-4-2)19-16-24-29-26(28)20-12-8-7-9-13-21-27-22-14-15-23-27/h25H,3-24H2,1-2H3. The van der Waals surface area contributed by atoms with E-state index >= 15 is 0 Å². The van der Waals surface area contributed by atoms with Crippen molar-refractivity contribution in [1.82, 2.24) is 4.90 Å². The largest absolute Gasteiger partial charge is 0.466 e. The van der Waals surface area contributed by atoms with E-state index < -0.39 is 0 Å². The monoisotopic (exact) mass is 409 g/mol. The van der Waals surface area contributed by atoms with E-state index in [1.165, 1.54) is 116 Å². The molecule has 0 N–H and O–H groups in total. The quantitative estimate of drug-likeness (QED) is 0.154. The van der Waals surface area contributed by atoms with Crippen LogP contribution in [0.5, 0.6) is 0 Å². The highest BCUT2D eigenvalue weighted by molar-refractivity contribution is 5.69. The van der Waals surface area contributed by atoms with Gasteiger partial charge in [0.15, 0.2) is 0 Å². The first-order chi connectivity index (χ1) is 14.3. The van der Waals surface area contributed by atoms with Gasteiger partial charge in [-0.1, -0.05) is 84.5 Å². The Balaban J connectivity index is 1.94. The zero-order valence-electron chi connectivity index (χ0n) is 19.9. The molecule has 1 aliphatic rings. The van der Waals surface area contributed by atoms with Crippen LogP contribution in [0.4, 0.5) is 0 Å². The fourth-order valence-electron chi connectivity index (χ4n) is 4.57. The van der Waals surface area contributed by atoms with Crippen LogP contribution in [0.25, 0.3) is 0 Å². The molecule has 0 aromatic carbocycles. The Morgan fingerprint density at radius 1 is 0.759 bits per heavy atom. The van der Waals surface area contributed by atoms with Gasteiger partial charge in [0.1, 0.15) is 0 Å². The molecule has 0 bridgehead atoms. The van der Waals surface area contributed by atoms with Gasteiger partial charge in [-0.15, -0.1) is 0 Å². The minimum absolute atomic E-state index is 0.0237. The molecule has 1 aliphatic heterocycles. The number of ether oxygens (including phenoxy) is 1. The van der Waals surface area contributed by atoms with Gasteiger partial charge in [0.05, 0.1) is 6.61 Å². The Labute approximate surface area is 182 Å². The van der Waals surface area contributed by atoms with Crippen molar-refractivity contribution in [2.75, 3.05) is 26.2 Å². The molecular formula is C26H51NO2. The van der Waals surface area contributed by atoms with Gasteiger partial charge < -0.3 is 9.64 Å². The van der Waals surface area contributed by atoms with Crippen molar-refractivity contribution in [2.24, 2.45) is 5.92 Å². The molecule has 0 aromatic rings.